The van der Waals surface area contributed by atoms with Gasteiger partial charge in [-0.3, -0.25) is 4.79 Å². The van der Waals surface area contributed by atoms with E-state index in [0.29, 0.717) is 22.9 Å². The molecule has 0 heterocycles. The van der Waals surface area contributed by atoms with Gasteiger partial charge in [-0.25, -0.2) is 0 Å². The van der Waals surface area contributed by atoms with E-state index in [9.17, 15) is 9.90 Å². The first-order valence-electron chi connectivity index (χ1n) is 6.00. The molecule has 0 saturated carbocycles. The van der Waals surface area contributed by atoms with Crippen molar-refractivity contribution in [1.29, 1.82) is 0 Å². The number of phenolic OH excluding ortho intramolecular Hbond substituents is 1. The average molecular weight is 292 g/mol. The van der Waals surface area contributed by atoms with Crippen molar-refractivity contribution in [2.45, 2.75) is 6.54 Å². The molecule has 0 bridgehead atoms. The van der Waals surface area contributed by atoms with Crippen LogP contribution in [0.25, 0.3) is 0 Å². The molecule has 5 heteroatoms. The van der Waals surface area contributed by atoms with Gasteiger partial charge >= 0.3 is 0 Å². The van der Waals surface area contributed by atoms with Gasteiger partial charge in [0.25, 0.3) is 5.91 Å². The van der Waals surface area contributed by atoms with Gasteiger partial charge in [-0.2, -0.15) is 0 Å². The highest BCUT2D eigenvalue weighted by molar-refractivity contribution is 6.31. The van der Waals surface area contributed by atoms with Crippen molar-refractivity contribution >= 4 is 17.5 Å². The lowest BCUT2D eigenvalue weighted by molar-refractivity contribution is 0.0950. The predicted octanol–water partition coefficient (Wildman–Crippen LogP) is 2.98. The van der Waals surface area contributed by atoms with Crippen LogP contribution in [0.3, 0.4) is 0 Å². The minimum Gasteiger partial charge on any atom is -0.504 e. The predicted molar refractivity (Wildman–Crippen MR) is 77.3 cm³/mol. The number of amides is 1. The molecule has 0 aromatic heterocycles. The number of rotatable bonds is 4. The number of halogens is 1. The smallest absolute Gasteiger partial charge is 0.251 e. The number of hydrogen-bond acceptors (Lipinski definition) is 3. The van der Waals surface area contributed by atoms with Crippen molar-refractivity contribution in [3.8, 4) is 11.5 Å². The standard InChI is InChI=1S/C15H14ClNO3/c1-20-14-7-6-10(8-13(14)18)15(19)17-9-11-4-2-3-5-12(11)16/h2-8,18H,9H2,1H3,(H,17,19). The highest BCUT2D eigenvalue weighted by Gasteiger charge is 2.09. The number of phenols is 1. The van der Waals surface area contributed by atoms with Gasteiger partial charge in [-0.1, -0.05) is 29.8 Å². The molecule has 2 aromatic rings. The maximum absolute atomic E-state index is 12.0. The maximum atomic E-state index is 12.0. The lowest BCUT2D eigenvalue weighted by Crippen LogP contribution is -2.22. The van der Waals surface area contributed by atoms with E-state index in [4.69, 9.17) is 16.3 Å². The van der Waals surface area contributed by atoms with Crippen molar-refractivity contribution in [3.63, 3.8) is 0 Å². The first kappa shape index (κ1) is 14.2. The van der Waals surface area contributed by atoms with Crippen molar-refractivity contribution in [2.24, 2.45) is 0 Å². The summed E-state index contributed by atoms with van der Waals surface area (Å²) >= 11 is 6.01. The molecule has 104 valence electrons. The lowest BCUT2D eigenvalue weighted by atomic mass is 10.1. The van der Waals surface area contributed by atoms with Gasteiger partial charge in [0.05, 0.1) is 7.11 Å². The fraction of sp³-hybridized carbons (Fsp3) is 0.133. The second kappa shape index (κ2) is 6.30. The van der Waals surface area contributed by atoms with E-state index in [1.807, 2.05) is 18.2 Å². The molecule has 2 aromatic carbocycles. The third-order valence-corrected chi connectivity index (χ3v) is 3.21. The Morgan fingerprint density at radius 3 is 2.70 bits per heavy atom. The maximum Gasteiger partial charge on any atom is 0.251 e. The summed E-state index contributed by atoms with van der Waals surface area (Å²) in [5, 5.41) is 13.0. The molecule has 0 fully saturated rings. The number of hydrogen-bond donors (Lipinski definition) is 2. The molecule has 2 rings (SSSR count). The fourth-order valence-corrected chi connectivity index (χ4v) is 1.95. The van der Waals surface area contributed by atoms with Crippen LogP contribution in [0.15, 0.2) is 42.5 Å². The molecule has 0 atom stereocenters. The van der Waals surface area contributed by atoms with Gasteiger partial charge in [-0.15, -0.1) is 0 Å². The Bertz CT molecular complexity index is 628. The molecule has 0 aliphatic rings. The Morgan fingerprint density at radius 1 is 1.30 bits per heavy atom. The topological polar surface area (TPSA) is 58.6 Å². The molecular weight excluding hydrogens is 278 g/mol. The van der Waals surface area contributed by atoms with Gasteiger partial charge in [-0.05, 0) is 29.8 Å². The molecule has 0 unspecified atom stereocenters. The lowest BCUT2D eigenvalue weighted by Gasteiger charge is -2.08. The van der Waals surface area contributed by atoms with E-state index in [0.717, 1.165) is 5.56 Å². The second-order valence-corrected chi connectivity index (χ2v) is 4.57. The number of carbonyl (C=O) groups excluding carboxylic acids is 1. The molecule has 0 radical (unpaired) electrons. The van der Waals surface area contributed by atoms with Crippen LogP contribution in [0.5, 0.6) is 11.5 Å². The number of benzene rings is 2. The summed E-state index contributed by atoms with van der Waals surface area (Å²) in [5.74, 6) is -0.0339. The van der Waals surface area contributed by atoms with Crippen LogP contribution in [-0.4, -0.2) is 18.1 Å². The molecule has 20 heavy (non-hydrogen) atoms. The van der Waals surface area contributed by atoms with Crippen molar-refractivity contribution in [1.82, 2.24) is 5.32 Å². The van der Waals surface area contributed by atoms with Crippen molar-refractivity contribution < 1.29 is 14.6 Å². The summed E-state index contributed by atoms with van der Waals surface area (Å²) in [4.78, 5) is 12.0. The average Bonchev–Trinajstić information content (AvgIpc) is 2.46. The number of nitrogens with one attached hydrogen (secondary N) is 1. The van der Waals surface area contributed by atoms with Gasteiger partial charge < -0.3 is 15.2 Å². The Balaban J connectivity index is 2.05. The van der Waals surface area contributed by atoms with Crippen molar-refractivity contribution in [3.05, 3.63) is 58.6 Å². The van der Waals surface area contributed by atoms with Gasteiger partial charge in [0.2, 0.25) is 0 Å². The highest BCUT2D eigenvalue weighted by atomic mass is 35.5. The van der Waals surface area contributed by atoms with Crippen LogP contribution >= 0.6 is 11.6 Å². The number of aromatic hydroxyl groups is 1. The SMILES string of the molecule is COc1ccc(C(=O)NCc2ccccc2Cl)cc1O. The van der Waals surface area contributed by atoms with Crippen LogP contribution in [0.2, 0.25) is 5.02 Å². The monoisotopic (exact) mass is 291 g/mol. The largest absolute Gasteiger partial charge is 0.504 e. The van der Waals surface area contributed by atoms with Crippen LogP contribution in [0.4, 0.5) is 0 Å². The van der Waals surface area contributed by atoms with E-state index in [1.165, 1.54) is 13.2 Å². The molecular formula is C15H14ClNO3. The molecule has 0 aliphatic heterocycles. The number of ether oxygens (including phenoxy) is 1. The number of carbonyl (C=O) groups is 1. The van der Waals surface area contributed by atoms with Gasteiger partial charge in [0.1, 0.15) is 0 Å². The molecule has 0 aliphatic carbocycles. The molecule has 2 N–H and O–H groups in total. The molecule has 0 saturated heterocycles. The van der Waals surface area contributed by atoms with E-state index < -0.39 is 0 Å². The Labute approximate surface area is 122 Å². The summed E-state index contributed by atoms with van der Waals surface area (Å²) in [6.45, 7) is 0.325. The summed E-state index contributed by atoms with van der Waals surface area (Å²) in [6.07, 6.45) is 0. The quantitative estimate of drug-likeness (QED) is 0.910. The van der Waals surface area contributed by atoms with Crippen LogP contribution in [0, 0.1) is 0 Å². The first-order chi connectivity index (χ1) is 9.61. The number of methoxy groups -OCH3 is 1. The molecule has 4 nitrogen and oxygen atoms in total. The fourth-order valence-electron chi connectivity index (χ4n) is 1.75. The summed E-state index contributed by atoms with van der Waals surface area (Å²) < 4.78 is 4.93. The van der Waals surface area contributed by atoms with E-state index in [1.54, 1.807) is 18.2 Å². The van der Waals surface area contributed by atoms with Crippen LogP contribution in [-0.2, 0) is 6.54 Å². The van der Waals surface area contributed by atoms with E-state index >= 15 is 0 Å². The zero-order chi connectivity index (χ0) is 14.5. The summed E-state index contributed by atoms with van der Waals surface area (Å²) in [7, 11) is 1.45. The summed E-state index contributed by atoms with van der Waals surface area (Å²) in [6, 6.07) is 11.8. The molecule has 1 amide bonds. The summed E-state index contributed by atoms with van der Waals surface area (Å²) in [5.41, 5.74) is 1.19. The van der Waals surface area contributed by atoms with E-state index in [-0.39, 0.29) is 11.7 Å². The third-order valence-electron chi connectivity index (χ3n) is 2.84. The van der Waals surface area contributed by atoms with Gasteiger partial charge in [0.15, 0.2) is 11.5 Å². The zero-order valence-electron chi connectivity index (χ0n) is 10.9. The molecule has 0 spiro atoms. The Kier molecular flexibility index (Phi) is 4.48. The van der Waals surface area contributed by atoms with Gasteiger partial charge in [0, 0.05) is 17.1 Å². The Hall–Kier alpha value is -2.20. The minimum atomic E-state index is -0.289. The first-order valence-corrected chi connectivity index (χ1v) is 6.38. The van der Waals surface area contributed by atoms with Crippen LogP contribution < -0.4 is 10.1 Å². The van der Waals surface area contributed by atoms with E-state index in [2.05, 4.69) is 5.32 Å². The van der Waals surface area contributed by atoms with Crippen molar-refractivity contribution in [2.75, 3.05) is 7.11 Å². The normalized spacial score (nSPS) is 10.1. The second-order valence-electron chi connectivity index (χ2n) is 4.16. The van der Waals surface area contributed by atoms with Crippen LogP contribution in [0.1, 0.15) is 15.9 Å². The third kappa shape index (κ3) is 3.22. The zero-order valence-corrected chi connectivity index (χ0v) is 11.6. The Morgan fingerprint density at radius 2 is 2.05 bits per heavy atom. The minimum absolute atomic E-state index is 0.0714. The highest BCUT2D eigenvalue weighted by Crippen LogP contribution is 2.26.